The Kier molecular flexibility index (Phi) is 4.93. The summed E-state index contributed by atoms with van der Waals surface area (Å²) in [6.45, 7) is 4.93. The first-order chi connectivity index (χ1) is 10.1. The standard InChI is InChI=1S/C14H19N5O2/c1-10(2)21-14(20)19-7-3-11(4-8-19)18-13-12(9-15)16-5-6-17-13/h5-6,10-11H,3-4,7-8H2,1-2H3,(H,17,18). The van der Waals surface area contributed by atoms with Gasteiger partial charge in [-0.25, -0.2) is 14.8 Å². The summed E-state index contributed by atoms with van der Waals surface area (Å²) in [6.07, 6.45) is 4.25. The molecule has 0 radical (unpaired) electrons. The fraction of sp³-hybridized carbons (Fsp3) is 0.571. The van der Waals surface area contributed by atoms with Crippen LogP contribution in [0.3, 0.4) is 0 Å². The van der Waals surface area contributed by atoms with Crippen LogP contribution in [0.5, 0.6) is 0 Å². The van der Waals surface area contributed by atoms with Gasteiger partial charge in [-0.1, -0.05) is 0 Å². The normalized spacial score (nSPS) is 15.6. The van der Waals surface area contributed by atoms with E-state index in [-0.39, 0.29) is 18.2 Å². The molecule has 0 saturated carbocycles. The van der Waals surface area contributed by atoms with Gasteiger partial charge in [0.2, 0.25) is 0 Å². The Labute approximate surface area is 123 Å². The Morgan fingerprint density at radius 2 is 2.10 bits per heavy atom. The number of nitrogens with zero attached hydrogens (tertiary/aromatic N) is 4. The van der Waals surface area contributed by atoms with E-state index in [1.165, 1.54) is 6.20 Å². The number of piperidine rings is 1. The number of hydrogen-bond acceptors (Lipinski definition) is 6. The molecule has 7 heteroatoms. The number of likely N-dealkylation sites (tertiary alicyclic amines) is 1. The molecule has 2 heterocycles. The summed E-state index contributed by atoms with van der Waals surface area (Å²) >= 11 is 0. The van der Waals surface area contributed by atoms with Crippen molar-refractivity contribution >= 4 is 11.9 Å². The quantitative estimate of drug-likeness (QED) is 0.911. The first-order valence-electron chi connectivity index (χ1n) is 7.03. The Balaban J connectivity index is 1.87. The van der Waals surface area contributed by atoms with E-state index < -0.39 is 0 Å². The molecule has 1 aliphatic rings. The molecule has 7 nitrogen and oxygen atoms in total. The van der Waals surface area contributed by atoms with Crippen molar-refractivity contribution in [1.29, 1.82) is 5.26 Å². The third kappa shape index (κ3) is 4.05. The minimum Gasteiger partial charge on any atom is -0.447 e. The van der Waals surface area contributed by atoms with Crippen LogP contribution < -0.4 is 5.32 Å². The van der Waals surface area contributed by atoms with Crippen molar-refractivity contribution in [1.82, 2.24) is 14.9 Å². The molecule has 0 unspecified atom stereocenters. The van der Waals surface area contributed by atoms with Crippen LogP contribution in [0.15, 0.2) is 12.4 Å². The van der Waals surface area contributed by atoms with Gasteiger partial charge in [-0.15, -0.1) is 0 Å². The second kappa shape index (κ2) is 6.88. The number of carbonyl (C=O) groups excluding carboxylic acids is 1. The van der Waals surface area contributed by atoms with Crippen LogP contribution in [0.4, 0.5) is 10.6 Å². The van der Waals surface area contributed by atoms with E-state index >= 15 is 0 Å². The lowest BCUT2D eigenvalue weighted by molar-refractivity contribution is 0.0701. The van der Waals surface area contributed by atoms with Crippen LogP contribution in [0, 0.1) is 11.3 Å². The van der Waals surface area contributed by atoms with Gasteiger partial charge in [-0.05, 0) is 26.7 Å². The molecule has 112 valence electrons. The van der Waals surface area contributed by atoms with E-state index in [1.807, 2.05) is 19.9 Å². The molecule has 21 heavy (non-hydrogen) atoms. The van der Waals surface area contributed by atoms with E-state index in [4.69, 9.17) is 10.00 Å². The first kappa shape index (κ1) is 15.0. The summed E-state index contributed by atoms with van der Waals surface area (Å²) in [5.41, 5.74) is 0.291. The van der Waals surface area contributed by atoms with Crippen molar-refractivity contribution in [3.05, 3.63) is 18.1 Å². The van der Waals surface area contributed by atoms with Gasteiger partial charge in [0, 0.05) is 31.5 Å². The summed E-state index contributed by atoms with van der Waals surface area (Å²) in [4.78, 5) is 21.6. The van der Waals surface area contributed by atoms with Gasteiger partial charge in [0.1, 0.15) is 6.07 Å². The van der Waals surface area contributed by atoms with Gasteiger partial charge in [0.05, 0.1) is 6.10 Å². The van der Waals surface area contributed by atoms with Crippen molar-refractivity contribution in [3.63, 3.8) is 0 Å². The third-order valence-corrected chi connectivity index (χ3v) is 3.23. The fourth-order valence-electron chi connectivity index (χ4n) is 2.20. The number of aromatic nitrogens is 2. The Morgan fingerprint density at radius 3 is 2.71 bits per heavy atom. The molecule has 1 N–H and O–H groups in total. The van der Waals surface area contributed by atoms with Crippen molar-refractivity contribution < 1.29 is 9.53 Å². The number of anilines is 1. The highest BCUT2D eigenvalue weighted by atomic mass is 16.6. The molecule has 1 amide bonds. The predicted molar refractivity (Wildman–Crippen MR) is 76.6 cm³/mol. The van der Waals surface area contributed by atoms with Gasteiger partial charge >= 0.3 is 6.09 Å². The molecule has 1 fully saturated rings. The maximum absolute atomic E-state index is 11.8. The van der Waals surface area contributed by atoms with E-state index in [0.717, 1.165) is 12.8 Å². The predicted octanol–water partition coefficient (Wildman–Crippen LogP) is 1.77. The van der Waals surface area contributed by atoms with Crippen LogP contribution in [0.25, 0.3) is 0 Å². The van der Waals surface area contributed by atoms with Gasteiger partial charge in [-0.2, -0.15) is 5.26 Å². The SMILES string of the molecule is CC(C)OC(=O)N1CCC(Nc2nccnc2C#N)CC1. The molecule has 1 aliphatic heterocycles. The molecule has 0 bridgehead atoms. The van der Waals surface area contributed by atoms with Crippen molar-refractivity contribution in [2.45, 2.75) is 38.8 Å². The summed E-state index contributed by atoms with van der Waals surface area (Å²) < 4.78 is 5.18. The smallest absolute Gasteiger partial charge is 0.410 e. The molecule has 0 atom stereocenters. The second-order valence-electron chi connectivity index (χ2n) is 5.20. The molecular formula is C14H19N5O2. The average Bonchev–Trinajstić information content (AvgIpc) is 2.48. The van der Waals surface area contributed by atoms with Gasteiger partial charge in [-0.3, -0.25) is 0 Å². The van der Waals surface area contributed by atoms with E-state index in [2.05, 4.69) is 15.3 Å². The Morgan fingerprint density at radius 1 is 1.43 bits per heavy atom. The zero-order valence-electron chi connectivity index (χ0n) is 12.2. The van der Waals surface area contributed by atoms with Crippen LogP contribution in [-0.4, -0.2) is 46.2 Å². The lowest BCUT2D eigenvalue weighted by Crippen LogP contribution is -2.43. The number of nitrogens with one attached hydrogen (secondary N) is 1. The summed E-state index contributed by atoms with van der Waals surface area (Å²) in [5.74, 6) is 0.503. The minimum absolute atomic E-state index is 0.105. The molecular weight excluding hydrogens is 270 g/mol. The number of nitriles is 1. The maximum Gasteiger partial charge on any atom is 0.410 e. The third-order valence-electron chi connectivity index (χ3n) is 3.23. The molecule has 1 aromatic heterocycles. The number of ether oxygens (including phenoxy) is 1. The highest BCUT2D eigenvalue weighted by Crippen LogP contribution is 2.17. The summed E-state index contributed by atoms with van der Waals surface area (Å²) in [6, 6.07) is 2.19. The maximum atomic E-state index is 11.8. The van der Waals surface area contributed by atoms with Crippen molar-refractivity contribution in [3.8, 4) is 6.07 Å². The largest absolute Gasteiger partial charge is 0.447 e. The van der Waals surface area contributed by atoms with Crippen molar-refractivity contribution in [2.75, 3.05) is 18.4 Å². The molecule has 1 aromatic rings. The monoisotopic (exact) mass is 289 g/mol. The molecule has 2 rings (SSSR count). The number of carbonyl (C=O) groups is 1. The van der Waals surface area contributed by atoms with Crippen LogP contribution in [-0.2, 0) is 4.74 Å². The lowest BCUT2D eigenvalue weighted by Gasteiger charge is -2.32. The zero-order valence-corrected chi connectivity index (χ0v) is 12.2. The topological polar surface area (TPSA) is 91.1 Å². The van der Waals surface area contributed by atoms with E-state index in [9.17, 15) is 4.79 Å². The first-order valence-corrected chi connectivity index (χ1v) is 7.03. The van der Waals surface area contributed by atoms with Crippen molar-refractivity contribution in [2.24, 2.45) is 0 Å². The van der Waals surface area contributed by atoms with E-state index in [1.54, 1.807) is 11.1 Å². The number of hydrogen-bond donors (Lipinski definition) is 1. The fourth-order valence-corrected chi connectivity index (χ4v) is 2.20. The lowest BCUT2D eigenvalue weighted by atomic mass is 10.1. The van der Waals surface area contributed by atoms with Gasteiger partial charge in [0.25, 0.3) is 0 Å². The number of amides is 1. The van der Waals surface area contributed by atoms with Crippen LogP contribution >= 0.6 is 0 Å². The van der Waals surface area contributed by atoms with Gasteiger partial charge < -0.3 is 15.0 Å². The van der Waals surface area contributed by atoms with Crippen LogP contribution in [0.2, 0.25) is 0 Å². The Hall–Kier alpha value is -2.36. The highest BCUT2D eigenvalue weighted by Gasteiger charge is 2.24. The highest BCUT2D eigenvalue weighted by molar-refractivity contribution is 5.68. The molecule has 0 spiro atoms. The molecule has 0 aliphatic carbocycles. The molecule has 1 saturated heterocycles. The average molecular weight is 289 g/mol. The Bertz CT molecular complexity index is 532. The zero-order chi connectivity index (χ0) is 15.2. The molecule has 0 aromatic carbocycles. The van der Waals surface area contributed by atoms with E-state index in [0.29, 0.717) is 24.6 Å². The van der Waals surface area contributed by atoms with Gasteiger partial charge in [0.15, 0.2) is 11.5 Å². The summed E-state index contributed by atoms with van der Waals surface area (Å²) in [5, 5.41) is 12.2. The van der Waals surface area contributed by atoms with Crippen LogP contribution in [0.1, 0.15) is 32.4 Å². The number of rotatable bonds is 3. The minimum atomic E-state index is -0.263. The second-order valence-corrected chi connectivity index (χ2v) is 5.20. The summed E-state index contributed by atoms with van der Waals surface area (Å²) in [7, 11) is 0.